The van der Waals surface area contributed by atoms with Gasteiger partial charge in [0, 0.05) is 19.5 Å². The molecule has 18 heavy (non-hydrogen) atoms. The van der Waals surface area contributed by atoms with Crippen LogP contribution in [0, 0.1) is 0 Å². The Morgan fingerprint density at radius 1 is 1.06 bits per heavy atom. The van der Waals surface area contributed by atoms with Gasteiger partial charge in [-0.15, -0.1) is 0 Å². The number of carbonyl (C=O) groups is 1. The monoisotopic (exact) mass is 255 g/mol. The van der Waals surface area contributed by atoms with Gasteiger partial charge in [0.15, 0.2) is 0 Å². The minimum absolute atomic E-state index is 0.183. The van der Waals surface area contributed by atoms with E-state index in [2.05, 4.69) is 6.92 Å². The molecular weight excluding hydrogens is 226 g/mol. The van der Waals surface area contributed by atoms with Crippen LogP contribution in [0.3, 0.4) is 0 Å². The molecule has 0 aromatic rings. The number of nitrogens with zero attached hydrogens (tertiary/aromatic N) is 1. The molecule has 0 saturated carbocycles. The second kappa shape index (κ2) is 8.52. The van der Waals surface area contributed by atoms with Crippen LogP contribution in [-0.4, -0.2) is 36.1 Å². The zero-order valence-electron chi connectivity index (χ0n) is 12.3. The van der Waals surface area contributed by atoms with Crippen molar-refractivity contribution in [3.05, 3.63) is 0 Å². The molecule has 1 fully saturated rings. The Hall–Kier alpha value is -0.570. The quantitative estimate of drug-likeness (QED) is 0.653. The highest BCUT2D eigenvalue weighted by atomic mass is 16.5. The molecule has 0 aliphatic carbocycles. The van der Waals surface area contributed by atoms with Crippen molar-refractivity contribution in [1.82, 2.24) is 4.90 Å². The summed E-state index contributed by atoms with van der Waals surface area (Å²) in [6.07, 6.45) is 8.52. The fraction of sp³-hybridized carbons (Fsp3) is 0.933. The minimum Gasteiger partial charge on any atom is -0.372 e. The lowest BCUT2D eigenvalue weighted by Crippen LogP contribution is -2.48. The first-order valence-electron chi connectivity index (χ1n) is 7.56. The Kier molecular flexibility index (Phi) is 7.33. The Balaban J connectivity index is 2.12. The number of unbranched alkanes of at least 4 members (excludes halogenated alkanes) is 5. The predicted octanol–water partition coefficient (Wildman–Crippen LogP) is 3.37. The summed E-state index contributed by atoms with van der Waals surface area (Å²) in [7, 11) is 0. The fourth-order valence-electron chi connectivity index (χ4n) is 2.60. The third-order valence-corrected chi connectivity index (χ3v) is 3.52. The van der Waals surface area contributed by atoms with Gasteiger partial charge < -0.3 is 9.64 Å². The highest BCUT2D eigenvalue weighted by molar-refractivity contribution is 5.76. The van der Waals surface area contributed by atoms with Crippen LogP contribution in [0.2, 0.25) is 0 Å². The lowest BCUT2D eigenvalue weighted by Gasteiger charge is -2.35. The van der Waals surface area contributed by atoms with Crippen LogP contribution in [-0.2, 0) is 9.53 Å². The van der Waals surface area contributed by atoms with Gasteiger partial charge in [0.1, 0.15) is 0 Å². The van der Waals surface area contributed by atoms with Gasteiger partial charge in [-0.05, 0) is 20.3 Å². The van der Waals surface area contributed by atoms with E-state index in [1.54, 1.807) is 0 Å². The standard InChI is InChI=1S/C15H29NO2/c1-4-5-6-7-8-9-10-15(17)16-11-13(2)18-14(3)12-16/h13-14H,4-12H2,1-3H3. The van der Waals surface area contributed by atoms with E-state index in [-0.39, 0.29) is 12.2 Å². The molecular formula is C15H29NO2. The zero-order valence-corrected chi connectivity index (χ0v) is 12.3. The van der Waals surface area contributed by atoms with Gasteiger partial charge in [0.2, 0.25) is 5.91 Å². The molecule has 106 valence electrons. The summed E-state index contributed by atoms with van der Waals surface area (Å²) in [4.78, 5) is 14.0. The molecule has 0 aromatic carbocycles. The van der Waals surface area contributed by atoms with Crippen LogP contribution >= 0.6 is 0 Å². The minimum atomic E-state index is 0.183. The number of amides is 1. The van der Waals surface area contributed by atoms with Crippen molar-refractivity contribution in [3.8, 4) is 0 Å². The average molecular weight is 255 g/mol. The second-order valence-electron chi connectivity index (χ2n) is 5.57. The third-order valence-electron chi connectivity index (χ3n) is 3.52. The normalized spacial score (nSPS) is 24.3. The van der Waals surface area contributed by atoms with E-state index in [1.807, 2.05) is 18.7 Å². The maximum absolute atomic E-state index is 12.0. The van der Waals surface area contributed by atoms with E-state index in [1.165, 1.54) is 32.1 Å². The van der Waals surface area contributed by atoms with E-state index in [4.69, 9.17) is 4.74 Å². The third kappa shape index (κ3) is 5.85. The maximum Gasteiger partial charge on any atom is 0.222 e. The average Bonchev–Trinajstić information content (AvgIpc) is 2.32. The smallest absolute Gasteiger partial charge is 0.222 e. The molecule has 1 rings (SSSR count). The topological polar surface area (TPSA) is 29.5 Å². The first-order chi connectivity index (χ1) is 8.63. The number of ether oxygens (including phenoxy) is 1. The number of rotatable bonds is 7. The Morgan fingerprint density at radius 3 is 2.22 bits per heavy atom. The molecule has 1 heterocycles. The van der Waals surface area contributed by atoms with E-state index in [0.717, 1.165) is 19.5 Å². The second-order valence-corrected chi connectivity index (χ2v) is 5.57. The van der Waals surface area contributed by atoms with E-state index in [9.17, 15) is 4.79 Å². The van der Waals surface area contributed by atoms with Crippen LogP contribution in [0.25, 0.3) is 0 Å². The van der Waals surface area contributed by atoms with Crippen molar-refractivity contribution >= 4 is 5.91 Å². The molecule has 0 radical (unpaired) electrons. The number of hydrogen-bond donors (Lipinski definition) is 0. The molecule has 0 N–H and O–H groups in total. The lowest BCUT2D eigenvalue weighted by atomic mass is 10.1. The molecule has 0 spiro atoms. The molecule has 1 aliphatic heterocycles. The van der Waals surface area contributed by atoms with Gasteiger partial charge in [0.05, 0.1) is 12.2 Å². The van der Waals surface area contributed by atoms with Crippen LogP contribution in [0.15, 0.2) is 0 Å². The van der Waals surface area contributed by atoms with Crippen LogP contribution in [0.5, 0.6) is 0 Å². The van der Waals surface area contributed by atoms with Crippen molar-refractivity contribution < 1.29 is 9.53 Å². The maximum atomic E-state index is 12.0. The van der Waals surface area contributed by atoms with Gasteiger partial charge in [-0.25, -0.2) is 0 Å². The van der Waals surface area contributed by atoms with E-state index < -0.39 is 0 Å². The Morgan fingerprint density at radius 2 is 1.61 bits per heavy atom. The van der Waals surface area contributed by atoms with Crippen LogP contribution < -0.4 is 0 Å². The molecule has 2 unspecified atom stereocenters. The van der Waals surface area contributed by atoms with Gasteiger partial charge >= 0.3 is 0 Å². The van der Waals surface area contributed by atoms with Crippen LogP contribution in [0.1, 0.15) is 65.7 Å². The summed E-state index contributed by atoms with van der Waals surface area (Å²) in [6, 6.07) is 0. The largest absolute Gasteiger partial charge is 0.372 e. The van der Waals surface area contributed by atoms with Crippen molar-refractivity contribution in [3.63, 3.8) is 0 Å². The van der Waals surface area contributed by atoms with Crippen molar-refractivity contribution in [2.75, 3.05) is 13.1 Å². The summed E-state index contributed by atoms with van der Waals surface area (Å²) in [5.74, 6) is 0.312. The van der Waals surface area contributed by atoms with E-state index in [0.29, 0.717) is 12.3 Å². The van der Waals surface area contributed by atoms with Crippen LogP contribution in [0.4, 0.5) is 0 Å². The number of morpholine rings is 1. The molecule has 3 nitrogen and oxygen atoms in total. The molecule has 2 atom stereocenters. The molecule has 1 aliphatic rings. The van der Waals surface area contributed by atoms with Crippen molar-refractivity contribution in [2.45, 2.75) is 77.9 Å². The molecule has 0 aromatic heterocycles. The highest BCUT2D eigenvalue weighted by Crippen LogP contribution is 2.14. The number of hydrogen-bond acceptors (Lipinski definition) is 2. The van der Waals surface area contributed by atoms with Gasteiger partial charge in [-0.3, -0.25) is 4.79 Å². The van der Waals surface area contributed by atoms with Gasteiger partial charge in [-0.1, -0.05) is 39.0 Å². The molecule has 1 saturated heterocycles. The highest BCUT2D eigenvalue weighted by Gasteiger charge is 2.25. The number of carbonyl (C=O) groups excluding carboxylic acids is 1. The summed E-state index contributed by atoms with van der Waals surface area (Å²) in [5.41, 5.74) is 0. The summed E-state index contributed by atoms with van der Waals surface area (Å²) < 4.78 is 5.64. The first-order valence-corrected chi connectivity index (χ1v) is 7.56. The summed E-state index contributed by atoms with van der Waals surface area (Å²) in [5, 5.41) is 0. The van der Waals surface area contributed by atoms with Crippen molar-refractivity contribution in [2.24, 2.45) is 0 Å². The SMILES string of the molecule is CCCCCCCCC(=O)N1CC(C)OC(C)C1. The molecule has 1 amide bonds. The summed E-state index contributed by atoms with van der Waals surface area (Å²) in [6.45, 7) is 7.84. The van der Waals surface area contributed by atoms with Crippen molar-refractivity contribution in [1.29, 1.82) is 0 Å². The predicted molar refractivity (Wildman–Crippen MR) is 74.6 cm³/mol. The molecule has 3 heteroatoms. The van der Waals surface area contributed by atoms with Gasteiger partial charge in [-0.2, -0.15) is 0 Å². The Bertz CT molecular complexity index is 233. The fourth-order valence-corrected chi connectivity index (χ4v) is 2.60. The Labute approximate surface area is 112 Å². The summed E-state index contributed by atoms with van der Waals surface area (Å²) >= 11 is 0. The van der Waals surface area contributed by atoms with E-state index >= 15 is 0 Å². The first kappa shape index (κ1) is 15.5. The zero-order chi connectivity index (χ0) is 13.4. The molecule has 0 bridgehead atoms. The lowest BCUT2D eigenvalue weighted by molar-refractivity contribution is -0.143. The van der Waals surface area contributed by atoms with Gasteiger partial charge in [0.25, 0.3) is 0 Å².